The molecule has 1 unspecified atom stereocenters. The van der Waals surface area contributed by atoms with Crippen LogP contribution < -0.4 is 0 Å². The van der Waals surface area contributed by atoms with Crippen LogP contribution in [0.25, 0.3) is 0 Å². The molecule has 1 aliphatic heterocycles. The third-order valence-electron chi connectivity index (χ3n) is 3.91. The van der Waals surface area contributed by atoms with Gasteiger partial charge in [0.2, 0.25) is 15.9 Å². The fraction of sp³-hybridized carbons (Fsp3) is 0.615. The molecule has 10 heteroatoms. The second kappa shape index (κ2) is 6.67. The van der Waals surface area contributed by atoms with Crippen molar-refractivity contribution in [3.05, 3.63) is 18.0 Å². The molecule has 0 bridgehead atoms. The van der Waals surface area contributed by atoms with Gasteiger partial charge in [0.05, 0.1) is 17.5 Å². The number of amides is 1. The van der Waals surface area contributed by atoms with E-state index in [-0.39, 0.29) is 30.3 Å². The molecule has 1 fully saturated rings. The Labute approximate surface area is 134 Å². The predicted octanol–water partition coefficient (Wildman–Crippen LogP) is -0.364. The number of carbonyl (C=O) groups is 2. The Hall–Kier alpha value is -1.94. The van der Waals surface area contributed by atoms with Crippen molar-refractivity contribution in [2.24, 2.45) is 0 Å². The molecular formula is C13H20N4O5S. The summed E-state index contributed by atoms with van der Waals surface area (Å²) in [4.78, 5) is 24.9. The van der Waals surface area contributed by atoms with Gasteiger partial charge in [-0.3, -0.25) is 9.48 Å². The first-order valence-corrected chi connectivity index (χ1v) is 8.91. The third kappa shape index (κ3) is 3.70. The predicted molar refractivity (Wildman–Crippen MR) is 81.5 cm³/mol. The Bertz CT molecular complexity index is 691. The zero-order valence-electron chi connectivity index (χ0n) is 13.0. The Morgan fingerprint density at radius 2 is 1.91 bits per heavy atom. The number of aromatic carboxylic acids is 1. The number of hydrogen-bond donors (Lipinski definition) is 1. The van der Waals surface area contributed by atoms with E-state index in [1.807, 2.05) is 0 Å². The summed E-state index contributed by atoms with van der Waals surface area (Å²) < 4.78 is 26.3. The average Bonchev–Trinajstić information content (AvgIpc) is 3.04. The highest BCUT2D eigenvalue weighted by atomic mass is 32.2. The molecule has 1 aliphatic rings. The third-order valence-corrected chi connectivity index (χ3v) is 5.79. The van der Waals surface area contributed by atoms with Gasteiger partial charge in [-0.05, 0) is 13.8 Å². The second-order valence-electron chi connectivity index (χ2n) is 5.32. The van der Waals surface area contributed by atoms with Crippen molar-refractivity contribution >= 4 is 21.9 Å². The number of aromatic nitrogens is 2. The first-order valence-electron chi connectivity index (χ1n) is 7.30. The van der Waals surface area contributed by atoms with E-state index in [0.29, 0.717) is 13.1 Å². The van der Waals surface area contributed by atoms with Crippen molar-refractivity contribution in [3.8, 4) is 0 Å². The number of carboxylic acids is 1. The Morgan fingerprint density at radius 1 is 1.30 bits per heavy atom. The molecule has 9 nitrogen and oxygen atoms in total. The lowest BCUT2D eigenvalue weighted by molar-refractivity contribution is -0.135. The molecule has 0 aromatic carbocycles. The highest BCUT2D eigenvalue weighted by Gasteiger charge is 2.30. The molecule has 1 aromatic rings. The van der Waals surface area contributed by atoms with E-state index in [4.69, 9.17) is 5.11 Å². The van der Waals surface area contributed by atoms with Gasteiger partial charge in [-0.2, -0.15) is 9.40 Å². The van der Waals surface area contributed by atoms with E-state index in [2.05, 4.69) is 5.10 Å². The van der Waals surface area contributed by atoms with Crippen LogP contribution in [-0.2, 0) is 14.8 Å². The van der Waals surface area contributed by atoms with Gasteiger partial charge in [-0.25, -0.2) is 13.2 Å². The van der Waals surface area contributed by atoms with Gasteiger partial charge in [0, 0.05) is 32.4 Å². The molecule has 1 aromatic heterocycles. The number of nitrogens with zero attached hydrogens (tertiary/aromatic N) is 4. The van der Waals surface area contributed by atoms with Crippen molar-refractivity contribution in [2.75, 3.05) is 31.9 Å². The summed E-state index contributed by atoms with van der Waals surface area (Å²) in [5.74, 6) is -1.27. The van der Waals surface area contributed by atoms with Crippen molar-refractivity contribution in [1.82, 2.24) is 19.0 Å². The molecule has 1 amide bonds. The summed E-state index contributed by atoms with van der Waals surface area (Å²) in [5, 5.41) is 12.8. The molecule has 1 atom stereocenters. The number of rotatable bonds is 5. The maximum absolute atomic E-state index is 12.5. The number of sulfonamides is 1. The maximum Gasteiger partial charge on any atom is 0.338 e. The maximum atomic E-state index is 12.5. The van der Waals surface area contributed by atoms with E-state index in [1.165, 1.54) is 21.4 Å². The lowest BCUT2D eigenvalue weighted by Crippen LogP contribution is -2.52. The second-order valence-corrected chi connectivity index (χ2v) is 7.57. The van der Waals surface area contributed by atoms with Crippen molar-refractivity contribution in [1.29, 1.82) is 0 Å². The van der Waals surface area contributed by atoms with Crippen LogP contribution in [0.4, 0.5) is 0 Å². The van der Waals surface area contributed by atoms with Crippen LogP contribution >= 0.6 is 0 Å². The molecule has 2 heterocycles. The molecule has 0 saturated carbocycles. The van der Waals surface area contributed by atoms with E-state index in [1.54, 1.807) is 18.7 Å². The summed E-state index contributed by atoms with van der Waals surface area (Å²) in [5.41, 5.74) is 0.0171. The van der Waals surface area contributed by atoms with Crippen LogP contribution in [0.15, 0.2) is 12.4 Å². The lowest BCUT2D eigenvalue weighted by atomic mass is 10.2. The number of carboxylic acid groups (broad SMARTS) is 1. The fourth-order valence-electron chi connectivity index (χ4n) is 2.41. The molecule has 0 radical (unpaired) electrons. The summed E-state index contributed by atoms with van der Waals surface area (Å²) >= 11 is 0. The number of hydrogen-bond acceptors (Lipinski definition) is 5. The van der Waals surface area contributed by atoms with Crippen LogP contribution in [0.5, 0.6) is 0 Å². The molecule has 0 aliphatic carbocycles. The van der Waals surface area contributed by atoms with E-state index in [0.717, 1.165) is 0 Å². The minimum absolute atomic E-state index is 0.0171. The van der Waals surface area contributed by atoms with Gasteiger partial charge >= 0.3 is 5.97 Å². The van der Waals surface area contributed by atoms with Crippen LogP contribution in [-0.4, -0.2) is 76.3 Å². The summed E-state index contributed by atoms with van der Waals surface area (Å²) in [6, 6.07) is -0.641. The van der Waals surface area contributed by atoms with Crippen LogP contribution in [0.1, 0.15) is 30.2 Å². The van der Waals surface area contributed by atoms with Gasteiger partial charge in [-0.15, -0.1) is 0 Å². The summed E-state index contributed by atoms with van der Waals surface area (Å²) in [6.07, 6.45) is 2.50. The Morgan fingerprint density at radius 3 is 2.39 bits per heavy atom. The van der Waals surface area contributed by atoms with Crippen molar-refractivity contribution in [3.63, 3.8) is 0 Å². The van der Waals surface area contributed by atoms with E-state index < -0.39 is 22.0 Å². The number of piperazine rings is 1. The SMILES string of the molecule is CCS(=O)(=O)N1CCN(C(=O)C(C)n2cc(C(=O)O)cn2)CC1. The minimum atomic E-state index is -3.24. The smallest absolute Gasteiger partial charge is 0.338 e. The van der Waals surface area contributed by atoms with Gasteiger partial charge in [0.15, 0.2) is 0 Å². The largest absolute Gasteiger partial charge is 0.478 e. The molecular weight excluding hydrogens is 324 g/mol. The first-order chi connectivity index (χ1) is 10.8. The van der Waals surface area contributed by atoms with Crippen LogP contribution in [0.2, 0.25) is 0 Å². The first kappa shape index (κ1) is 17.4. The van der Waals surface area contributed by atoms with Crippen LogP contribution in [0.3, 0.4) is 0 Å². The fourth-order valence-corrected chi connectivity index (χ4v) is 3.49. The Balaban J connectivity index is 2.00. The zero-order valence-corrected chi connectivity index (χ0v) is 13.9. The van der Waals surface area contributed by atoms with Gasteiger partial charge in [0.1, 0.15) is 6.04 Å². The molecule has 23 heavy (non-hydrogen) atoms. The number of carbonyl (C=O) groups excluding carboxylic acids is 1. The standard InChI is InChI=1S/C13H20N4O5S/c1-3-23(21,22)16-6-4-15(5-7-16)12(18)10(2)17-9-11(8-14-17)13(19)20/h8-10H,3-7H2,1-2H3,(H,19,20). The highest BCUT2D eigenvalue weighted by Crippen LogP contribution is 2.14. The molecule has 1 N–H and O–H groups in total. The van der Waals surface area contributed by atoms with Crippen molar-refractivity contribution < 1.29 is 23.1 Å². The Kier molecular flexibility index (Phi) is 5.05. The molecule has 128 valence electrons. The minimum Gasteiger partial charge on any atom is -0.478 e. The van der Waals surface area contributed by atoms with Crippen molar-refractivity contribution in [2.45, 2.75) is 19.9 Å². The monoisotopic (exact) mass is 344 g/mol. The van der Waals surface area contributed by atoms with E-state index >= 15 is 0 Å². The molecule has 0 spiro atoms. The highest BCUT2D eigenvalue weighted by molar-refractivity contribution is 7.89. The lowest BCUT2D eigenvalue weighted by Gasteiger charge is -2.35. The summed E-state index contributed by atoms with van der Waals surface area (Å²) in [6.45, 7) is 4.40. The average molecular weight is 344 g/mol. The zero-order chi connectivity index (χ0) is 17.2. The normalized spacial score (nSPS) is 17.9. The van der Waals surface area contributed by atoms with Gasteiger partial charge in [0.25, 0.3) is 0 Å². The van der Waals surface area contributed by atoms with E-state index in [9.17, 15) is 18.0 Å². The quantitative estimate of drug-likeness (QED) is 0.780. The molecule has 2 rings (SSSR count). The molecule has 1 saturated heterocycles. The van der Waals surface area contributed by atoms with Crippen LogP contribution in [0, 0.1) is 0 Å². The topological polar surface area (TPSA) is 113 Å². The van der Waals surface area contributed by atoms with Gasteiger partial charge in [-0.1, -0.05) is 0 Å². The summed E-state index contributed by atoms with van der Waals surface area (Å²) in [7, 11) is -3.24. The van der Waals surface area contributed by atoms with Gasteiger partial charge < -0.3 is 10.0 Å².